The maximum Gasteiger partial charge on any atom is 0.393 e. The van der Waals surface area contributed by atoms with Crippen LogP contribution in [0.5, 0.6) is 0 Å². The van der Waals surface area contributed by atoms with Gasteiger partial charge in [-0.15, -0.1) is 0 Å². The molecule has 1 saturated heterocycles. The number of halogens is 3. The van der Waals surface area contributed by atoms with Crippen molar-refractivity contribution in [3.8, 4) is 6.07 Å². The van der Waals surface area contributed by atoms with Gasteiger partial charge in [0.15, 0.2) is 0 Å². The molecule has 2 aliphatic rings. The summed E-state index contributed by atoms with van der Waals surface area (Å²) in [4.78, 5) is 1.90. The van der Waals surface area contributed by atoms with E-state index in [1.54, 1.807) is 0 Å². The number of nitriles is 1. The van der Waals surface area contributed by atoms with E-state index in [9.17, 15) is 13.2 Å². The lowest BCUT2D eigenvalue weighted by Crippen LogP contribution is -2.43. The molecule has 2 fully saturated rings. The molecule has 102 valence electrons. The smallest absolute Gasteiger partial charge is 0.298 e. The summed E-state index contributed by atoms with van der Waals surface area (Å²) in [7, 11) is 0. The van der Waals surface area contributed by atoms with E-state index in [2.05, 4.69) is 13.0 Å². The Hall–Kier alpha value is -0.760. The van der Waals surface area contributed by atoms with E-state index in [1.165, 1.54) is 0 Å². The van der Waals surface area contributed by atoms with E-state index in [0.717, 1.165) is 19.3 Å². The number of nitrogens with zero attached hydrogens (tertiary/aromatic N) is 2. The zero-order chi connectivity index (χ0) is 13.3. The van der Waals surface area contributed by atoms with Crippen molar-refractivity contribution in [3.63, 3.8) is 0 Å². The zero-order valence-electron chi connectivity index (χ0n) is 10.6. The van der Waals surface area contributed by atoms with Crippen molar-refractivity contribution >= 4 is 0 Å². The van der Waals surface area contributed by atoms with Gasteiger partial charge < -0.3 is 0 Å². The molecule has 2 rings (SSSR count). The van der Waals surface area contributed by atoms with Gasteiger partial charge in [0.2, 0.25) is 0 Å². The third-order valence-electron chi connectivity index (χ3n) is 4.40. The fourth-order valence-electron chi connectivity index (χ4n) is 3.26. The summed E-state index contributed by atoms with van der Waals surface area (Å²) in [5.41, 5.74) is 0. The van der Waals surface area contributed by atoms with E-state index in [1.807, 2.05) is 4.90 Å². The van der Waals surface area contributed by atoms with E-state index in [0.29, 0.717) is 12.5 Å². The van der Waals surface area contributed by atoms with Gasteiger partial charge in [0, 0.05) is 12.6 Å². The molecule has 4 atom stereocenters. The molecule has 1 heterocycles. The lowest BCUT2D eigenvalue weighted by atomic mass is 9.79. The fraction of sp³-hybridized carbons (Fsp3) is 0.923. The highest BCUT2D eigenvalue weighted by Gasteiger charge is 2.46. The Bertz CT molecular complexity index is 334. The Balaban J connectivity index is 2.01. The van der Waals surface area contributed by atoms with Crippen LogP contribution in [0.15, 0.2) is 0 Å². The molecule has 2 nitrogen and oxygen atoms in total. The predicted molar refractivity (Wildman–Crippen MR) is 61.6 cm³/mol. The minimum atomic E-state index is -4.09. The molecule has 0 bridgehead atoms. The number of likely N-dealkylation sites (tertiary alicyclic amines) is 1. The summed E-state index contributed by atoms with van der Waals surface area (Å²) >= 11 is 0. The van der Waals surface area contributed by atoms with E-state index in [4.69, 9.17) is 5.26 Å². The summed E-state index contributed by atoms with van der Waals surface area (Å²) in [5, 5.41) is 9.13. The maximum absolute atomic E-state index is 12.7. The maximum atomic E-state index is 12.7. The molecule has 1 aliphatic carbocycles. The minimum absolute atomic E-state index is 0.0334. The highest BCUT2D eigenvalue weighted by molar-refractivity contribution is 4.99. The standard InChI is InChI=1S/C13H19F3N2/c1-9-2-3-10(7-17)12(6-9)18-5-4-11(8-18)13(14,15)16/h9-12H,2-6,8H2,1H3. The van der Waals surface area contributed by atoms with Gasteiger partial charge in [0.05, 0.1) is 17.9 Å². The number of hydrogen-bond acceptors (Lipinski definition) is 2. The van der Waals surface area contributed by atoms with Crippen LogP contribution in [0, 0.1) is 29.1 Å². The topological polar surface area (TPSA) is 27.0 Å². The average Bonchev–Trinajstić information content (AvgIpc) is 2.77. The lowest BCUT2D eigenvalue weighted by Gasteiger charge is -2.37. The van der Waals surface area contributed by atoms with Crippen molar-refractivity contribution in [2.75, 3.05) is 13.1 Å². The molecule has 18 heavy (non-hydrogen) atoms. The van der Waals surface area contributed by atoms with Crippen LogP contribution in [0.1, 0.15) is 32.6 Å². The second kappa shape index (κ2) is 5.08. The van der Waals surface area contributed by atoms with E-state index in [-0.39, 0.29) is 24.9 Å². The Labute approximate surface area is 106 Å². The molecule has 0 aromatic rings. The van der Waals surface area contributed by atoms with Crippen molar-refractivity contribution in [2.24, 2.45) is 17.8 Å². The SMILES string of the molecule is CC1CCC(C#N)C(N2CCC(C(F)(F)F)C2)C1. The molecule has 0 N–H and O–H groups in total. The molecular formula is C13H19F3N2. The first-order valence-electron chi connectivity index (χ1n) is 6.62. The van der Waals surface area contributed by atoms with Crippen LogP contribution in [0.25, 0.3) is 0 Å². The Kier molecular flexibility index (Phi) is 3.86. The van der Waals surface area contributed by atoms with Crippen LogP contribution in [0.2, 0.25) is 0 Å². The van der Waals surface area contributed by atoms with Crippen molar-refractivity contribution in [1.29, 1.82) is 5.26 Å². The van der Waals surface area contributed by atoms with Crippen LogP contribution in [-0.2, 0) is 0 Å². The molecule has 1 saturated carbocycles. The molecular weight excluding hydrogens is 241 g/mol. The Morgan fingerprint density at radius 1 is 1.22 bits per heavy atom. The van der Waals surface area contributed by atoms with Crippen molar-refractivity contribution < 1.29 is 13.2 Å². The van der Waals surface area contributed by atoms with Gasteiger partial charge in [-0.1, -0.05) is 6.92 Å². The van der Waals surface area contributed by atoms with Gasteiger partial charge in [-0.05, 0) is 38.1 Å². The third-order valence-corrected chi connectivity index (χ3v) is 4.40. The normalized spacial score (nSPS) is 38.6. The average molecular weight is 260 g/mol. The highest BCUT2D eigenvalue weighted by atomic mass is 19.4. The zero-order valence-corrected chi connectivity index (χ0v) is 10.6. The first kappa shape index (κ1) is 13.7. The lowest BCUT2D eigenvalue weighted by molar-refractivity contribution is -0.171. The van der Waals surface area contributed by atoms with Crippen LogP contribution < -0.4 is 0 Å². The van der Waals surface area contributed by atoms with Crippen molar-refractivity contribution in [1.82, 2.24) is 4.90 Å². The van der Waals surface area contributed by atoms with Crippen LogP contribution >= 0.6 is 0 Å². The quantitative estimate of drug-likeness (QED) is 0.724. The largest absolute Gasteiger partial charge is 0.393 e. The summed E-state index contributed by atoms with van der Waals surface area (Å²) in [6, 6.07) is 2.32. The first-order chi connectivity index (χ1) is 8.41. The second-order valence-corrected chi connectivity index (χ2v) is 5.74. The molecule has 0 spiro atoms. The van der Waals surface area contributed by atoms with Crippen LogP contribution in [-0.4, -0.2) is 30.2 Å². The first-order valence-corrected chi connectivity index (χ1v) is 6.62. The summed E-state index contributed by atoms with van der Waals surface area (Å²) in [5.74, 6) is -0.771. The second-order valence-electron chi connectivity index (χ2n) is 5.74. The fourth-order valence-corrected chi connectivity index (χ4v) is 3.26. The van der Waals surface area contributed by atoms with Gasteiger partial charge in [0.1, 0.15) is 0 Å². The number of alkyl halides is 3. The molecule has 1 aliphatic heterocycles. The molecule has 5 heteroatoms. The summed E-state index contributed by atoms with van der Waals surface area (Å²) < 4.78 is 38.0. The van der Waals surface area contributed by atoms with E-state index < -0.39 is 12.1 Å². The molecule has 0 radical (unpaired) electrons. The Morgan fingerprint density at radius 2 is 1.94 bits per heavy atom. The van der Waals surface area contributed by atoms with E-state index >= 15 is 0 Å². The van der Waals surface area contributed by atoms with Gasteiger partial charge in [-0.2, -0.15) is 18.4 Å². The van der Waals surface area contributed by atoms with Crippen LogP contribution in [0.3, 0.4) is 0 Å². The monoisotopic (exact) mass is 260 g/mol. The highest BCUT2D eigenvalue weighted by Crippen LogP contribution is 2.38. The third kappa shape index (κ3) is 2.80. The van der Waals surface area contributed by atoms with Crippen LogP contribution in [0.4, 0.5) is 13.2 Å². The van der Waals surface area contributed by atoms with Gasteiger partial charge in [-0.25, -0.2) is 0 Å². The van der Waals surface area contributed by atoms with Gasteiger partial charge in [-0.3, -0.25) is 4.90 Å². The molecule has 4 unspecified atom stereocenters. The minimum Gasteiger partial charge on any atom is -0.298 e. The predicted octanol–water partition coefficient (Wildman–Crippen LogP) is 3.20. The Morgan fingerprint density at radius 3 is 2.50 bits per heavy atom. The number of hydrogen-bond donors (Lipinski definition) is 0. The van der Waals surface area contributed by atoms with Gasteiger partial charge >= 0.3 is 6.18 Å². The van der Waals surface area contributed by atoms with Crippen molar-refractivity contribution in [3.05, 3.63) is 0 Å². The summed E-state index contributed by atoms with van der Waals surface area (Å²) in [6.07, 6.45) is -1.19. The van der Waals surface area contributed by atoms with Crippen molar-refractivity contribution in [2.45, 2.75) is 44.8 Å². The van der Waals surface area contributed by atoms with Gasteiger partial charge in [0.25, 0.3) is 0 Å². The molecule has 0 amide bonds. The summed E-state index contributed by atoms with van der Waals surface area (Å²) in [6.45, 7) is 2.69. The number of rotatable bonds is 1. The molecule has 0 aromatic heterocycles. The molecule has 0 aromatic carbocycles.